The molecule has 0 bridgehead atoms. The molecule has 1 aromatic carbocycles. The van der Waals surface area contributed by atoms with E-state index >= 15 is 0 Å². The van der Waals surface area contributed by atoms with Gasteiger partial charge in [0.15, 0.2) is 5.69 Å². The highest BCUT2D eigenvalue weighted by molar-refractivity contribution is 7.09. The number of anilines is 1. The molecule has 20 heavy (non-hydrogen) atoms. The number of carbonyl (C=O) groups is 1. The van der Waals surface area contributed by atoms with Crippen LogP contribution in [-0.2, 0) is 6.54 Å². The van der Waals surface area contributed by atoms with Crippen LogP contribution in [0.3, 0.4) is 0 Å². The Bertz CT molecular complexity index is 754. The molecule has 100 valence electrons. The fraction of sp³-hybridized carbons (Fsp3) is 0.0667. The smallest absolute Gasteiger partial charge is 0.354 e. The van der Waals surface area contributed by atoms with Gasteiger partial charge >= 0.3 is 5.97 Å². The van der Waals surface area contributed by atoms with Crippen LogP contribution < -0.4 is 5.32 Å². The molecule has 0 aliphatic carbocycles. The lowest BCUT2D eigenvalue weighted by molar-refractivity contribution is 0.0691. The van der Waals surface area contributed by atoms with Gasteiger partial charge < -0.3 is 10.4 Å². The second kappa shape index (κ2) is 5.30. The van der Waals surface area contributed by atoms with E-state index in [1.807, 2.05) is 41.8 Å². The number of pyridine rings is 1. The molecule has 0 saturated heterocycles. The number of fused-ring (bicyclic) bond motifs is 1. The van der Waals surface area contributed by atoms with Crippen LogP contribution in [0.25, 0.3) is 10.8 Å². The van der Waals surface area contributed by atoms with Gasteiger partial charge in [-0.1, -0.05) is 30.3 Å². The zero-order chi connectivity index (χ0) is 13.9. The number of aromatic carboxylic acids is 1. The number of rotatable bonds is 4. The average Bonchev–Trinajstić information content (AvgIpc) is 2.97. The Labute approximate surface area is 119 Å². The Hall–Kier alpha value is -2.40. The summed E-state index contributed by atoms with van der Waals surface area (Å²) in [5, 5.41) is 16.2. The molecule has 0 fully saturated rings. The van der Waals surface area contributed by atoms with E-state index in [2.05, 4.69) is 10.3 Å². The number of hydrogen-bond acceptors (Lipinski definition) is 4. The highest BCUT2D eigenvalue weighted by Crippen LogP contribution is 2.23. The highest BCUT2D eigenvalue weighted by Gasteiger charge is 2.10. The van der Waals surface area contributed by atoms with E-state index in [-0.39, 0.29) is 5.69 Å². The van der Waals surface area contributed by atoms with Crippen LogP contribution in [0.4, 0.5) is 5.82 Å². The zero-order valence-electron chi connectivity index (χ0n) is 10.5. The lowest BCUT2D eigenvalue weighted by Crippen LogP contribution is -2.06. The summed E-state index contributed by atoms with van der Waals surface area (Å²) < 4.78 is 0. The molecule has 4 nitrogen and oxygen atoms in total. The molecule has 2 aromatic heterocycles. The SMILES string of the molecule is O=C(O)c1cc2ccccc2c(NCc2cccs2)n1. The summed E-state index contributed by atoms with van der Waals surface area (Å²) in [7, 11) is 0. The predicted molar refractivity (Wildman–Crippen MR) is 80.3 cm³/mol. The molecule has 3 aromatic rings. The van der Waals surface area contributed by atoms with Gasteiger partial charge in [0.1, 0.15) is 5.82 Å². The summed E-state index contributed by atoms with van der Waals surface area (Å²) in [6.45, 7) is 0.637. The van der Waals surface area contributed by atoms with Gasteiger partial charge in [-0.3, -0.25) is 0 Å². The van der Waals surface area contributed by atoms with Gasteiger partial charge in [-0.2, -0.15) is 0 Å². The molecule has 0 saturated carbocycles. The van der Waals surface area contributed by atoms with Crippen LogP contribution in [0, 0.1) is 0 Å². The first-order valence-corrected chi connectivity index (χ1v) is 7.01. The van der Waals surface area contributed by atoms with Crippen LogP contribution in [0.2, 0.25) is 0 Å². The summed E-state index contributed by atoms with van der Waals surface area (Å²) >= 11 is 1.65. The molecule has 5 heteroatoms. The zero-order valence-corrected chi connectivity index (χ0v) is 11.4. The van der Waals surface area contributed by atoms with Crippen molar-refractivity contribution < 1.29 is 9.90 Å². The highest BCUT2D eigenvalue weighted by atomic mass is 32.1. The molecule has 0 spiro atoms. The van der Waals surface area contributed by atoms with Crippen molar-refractivity contribution >= 4 is 33.9 Å². The molecule has 3 rings (SSSR count). The van der Waals surface area contributed by atoms with E-state index in [0.717, 1.165) is 10.8 Å². The topological polar surface area (TPSA) is 62.2 Å². The van der Waals surface area contributed by atoms with Crippen LogP contribution in [0.1, 0.15) is 15.4 Å². The van der Waals surface area contributed by atoms with Gasteiger partial charge in [0, 0.05) is 10.3 Å². The second-order valence-electron chi connectivity index (χ2n) is 4.32. The number of nitrogens with zero attached hydrogens (tertiary/aromatic N) is 1. The normalized spacial score (nSPS) is 10.6. The molecular formula is C15H12N2O2S. The average molecular weight is 284 g/mol. The third-order valence-corrected chi connectivity index (χ3v) is 3.85. The lowest BCUT2D eigenvalue weighted by Gasteiger charge is -2.09. The van der Waals surface area contributed by atoms with Gasteiger partial charge in [-0.25, -0.2) is 9.78 Å². The van der Waals surface area contributed by atoms with Crippen LogP contribution in [0.5, 0.6) is 0 Å². The van der Waals surface area contributed by atoms with E-state index in [0.29, 0.717) is 12.4 Å². The molecule has 0 unspecified atom stereocenters. The third-order valence-electron chi connectivity index (χ3n) is 2.97. The summed E-state index contributed by atoms with van der Waals surface area (Å²) in [6.07, 6.45) is 0. The number of thiophene rings is 1. The van der Waals surface area contributed by atoms with Gasteiger partial charge in [-0.15, -0.1) is 11.3 Å². The predicted octanol–water partition coefficient (Wildman–Crippen LogP) is 3.61. The first-order chi connectivity index (χ1) is 9.74. The van der Waals surface area contributed by atoms with Crippen molar-refractivity contribution in [2.45, 2.75) is 6.54 Å². The molecule has 2 N–H and O–H groups in total. The molecule has 2 heterocycles. The first kappa shape index (κ1) is 12.6. The van der Waals surface area contributed by atoms with Gasteiger partial charge in [0.2, 0.25) is 0 Å². The quantitative estimate of drug-likeness (QED) is 0.768. The van der Waals surface area contributed by atoms with Crippen molar-refractivity contribution in [1.29, 1.82) is 0 Å². The van der Waals surface area contributed by atoms with E-state index in [1.54, 1.807) is 17.4 Å². The van der Waals surface area contributed by atoms with Crippen molar-refractivity contribution in [3.63, 3.8) is 0 Å². The fourth-order valence-corrected chi connectivity index (χ4v) is 2.67. The number of hydrogen-bond donors (Lipinski definition) is 2. The third kappa shape index (κ3) is 2.48. The Morgan fingerprint density at radius 1 is 1.25 bits per heavy atom. The summed E-state index contributed by atoms with van der Waals surface area (Å²) in [5.74, 6) is -0.413. The summed E-state index contributed by atoms with van der Waals surface area (Å²) in [5.41, 5.74) is 0.0531. The van der Waals surface area contributed by atoms with E-state index in [4.69, 9.17) is 5.11 Å². The van der Waals surface area contributed by atoms with Crippen LogP contribution >= 0.6 is 11.3 Å². The molecule has 0 atom stereocenters. The van der Waals surface area contributed by atoms with E-state index < -0.39 is 5.97 Å². The molecular weight excluding hydrogens is 272 g/mol. The largest absolute Gasteiger partial charge is 0.477 e. The minimum atomic E-state index is -1.02. The van der Waals surface area contributed by atoms with Gasteiger partial charge in [0.05, 0.1) is 6.54 Å². The lowest BCUT2D eigenvalue weighted by atomic mass is 10.1. The molecule has 0 radical (unpaired) electrons. The first-order valence-electron chi connectivity index (χ1n) is 6.13. The summed E-state index contributed by atoms with van der Waals surface area (Å²) in [4.78, 5) is 16.5. The van der Waals surface area contributed by atoms with Crippen LogP contribution in [0.15, 0.2) is 47.8 Å². The number of carboxylic acid groups (broad SMARTS) is 1. The number of carboxylic acids is 1. The molecule has 0 aliphatic rings. The Morgan fingerprint density at radius 2 is 2.10 bits per heavy atom. The number of aromatic nitrogens is 1. The second-order valence-corrected chi connectivity index (χ2v) is 5.35. The minimum absolute atomic E-state index is 0.0531. The Kier molecular flexibility index (Phi) is 3.35. The molecule has 0 amide bonds. The fourth-order valence-electron chi connectivity index (χ4n) is 2.03. The maximum absolute atomic E-state index is 11.1. The molecule has 0 aliphatic heterocycles. The van der Waals surface area contributed by atoms with Gasteiger partial charge in [-0.05, 0) is 22.9 Å². The van der Waals surface area contributed by atoms with Crippen molar-refractivity contribution in [3.8, 4) is 0 Å². The monoisotopic (exact) mass is 284 g/mol. The Balaban J connectivity index is 2.00. The minimum Gasteiger partial charge on any atom is -0.477 e. The van der Waals surface area contributed by atoms with Crippen LogP contribution in [-0.4, -0.2) is 16.1 Å². The number of benzene rings is 1. The van der Waals surface area contributed by atoms with Crippen molar-refractivity contribution in [2.24, 2.45) is 0 Å². The van der Waals surface area contributed by atoms with E-state index in [9.17, 15) is 4.79 Å². The Morgan fingerprint density at radius 3 is 2.85 bits per heavy atom. The summed E-state index contributed by atoms with van der Waals surface area (Å²) in [6, 6.07) is 13.2. The van der Waals surface area contributed by atoms with Crippen molar-refractivity contribution in [2.75, 3.05) is 5.32 Å². The maximum Gasteiger partial charge on any atom is 0.354 e. The van der Waals surface area contributed by atoms with Crippen molar-refractivity contribution in [1.82, 2.24) is 4.98 Å². The van der Waals surface area contributed by atoms with Crippen molar-refractivity contribution in [3.05, 3.63) is 58.4 Å². The van der Waals surface area contributed by atoms with E-state index in [1.165, 1.54) is 4.88 Å². The number of nitrogens with one attached hydrogen (secondary N) is 1. The maximum atomic E-state index is 11.1. The van der Waals surface area contributed by atoms with Gasteiger partial charge in [0.25, 0.3) is 0 Å². The standard InChI is InChI=1S/C15H12N2O2S/c18-15(19)13-8-10-4-1-2-6-12(10)14(17-13)16-9-11-5-3-7-20-11/h1-8H,9H2,(H,16,17)(H,18,19).